The van der Waals surface area contributed by atoms with Gasteiger partial charge in [0.15, 0.2) is 0 Å². The third kappa shape index (κ3) is 7.71. The second-order valence-corrected chi connectivity index (χ2v) is 12.0. The van der Waals surface area contributed by atoms with E-state index in [0.717, 1.165) is 16.4 Å². The van der Waals surface area contributed by atoms with Crippen molar-refractivity contribution in [2.24, 2.45) is 5.92 Å². The molecular weight excluding hydrogens is 564 g/mol. The number of carbonyl (C=O) groups excluding carboxylic acids is 2. The van der Waals surface area contributed by atoms with Crippen LogP contribution in [0.4, 0.5) is 10.1 Å². The van der Waals surface area contributed by atoms with Gasteiger partial charge in [-0.05, 0) is 54.8 Å². The zero-order chi connectivity index (χ0) is 28.7. The summed E-state index contributed by atoms with van der Waals surface area (Å²) in [5, 5.41) is 2.91. The van der Waals surface area contributed by atoms with Gasteiger partial charge >= 0.3 is 0 Å². The van der Waals surface area contributed by atoms with Crippen molar-refractivity contribution in [1.29, 1.82) is 0 Å². The Bertz CT molecular complexity index is 1420. The van der Waals surface area contributed by atoms with Crippen LogP contribution < -0.4 is 9.62 Å². The molecular formula is C28H30Cl2FN3O4S. The molecule has 0 saturated heterocycles. The molecule has 1 atom stereocenters. The van der Waals surface area contributed by atoms with Gasteiger partial charge in [0.05, 0.1) is 15.6 Å². The van der Waals surface area contributed by atoms with Crippen molar-refractivity contribution in [1.82, 2.24) is 10.2 Å². The number of nitrogens with zero attached hydrogens (tertiary/aromatic N) is 2. The average molecular weight is 595 g/mol. The Morgan fingerprint density at radius 2 is 1.56 bits per heavy atom. The normalized spacial score (nSPS) is 12.2. The minimum absolute atomic E-state index is 0.00629. The molecule has 3 aromatic rings. The third-order valence-electron chi connectivity index (χ3n) is 5.95. The van der Waals surface area contributed by atoms with Crippen molar-refractivity contribution in [3.63, 3.8) is 0 Å². The van der Waals surface area contributed by atoms with Gasteiger partial charge in [0.1, 0.15) is 18.4 Å². The molecule has 0 aliphatic rings. The van der Waals surface area contributed by atoms with Crippen LogP contribution in [-0.4, -0.2) is 44.3 Å². The zero-order valence-electron chi connectivity index (χ0n) is 21.8. The first-order valence-corrected chi connectivity index (χ1v) is 14.4. The summed E-state index contributed by atoms with van der Waals surface area (Å²) in [7, 11) is -4.28. The first-order chi connectivity index (χ1) is 18.4. The van der Waals surface area contributed by atoms with Crippen LogP contribution in [0.2, 0.25) is 10.0 Å². The Morgan fingerprint density at radius 3 is 2.18 bits per heavy atom. The number of nitrogens with one attached hydrogen (secondary N) is 1. The van der Waals surface area contributed by atoms with Gasteiger partial charge in [-0.25, -0.2) is 12.8 Å². The molecule has 7 nitrogen and oxygen atoms in total. The maximum absolute atomic E-state index is 13.9. The topological polar surface area (TPSA) is 86.8 Å². The molecule has 0 aliphatic heterocycles. The van der Waals surface area contributed by atoms with E-state index in [1.807, 2.05) is 13.8 Å². The van der Waals surface area contributed by atoms with E-state index < -0.39 is 40.2 Å². The summed E-state index contributed by atoms with van der Waals surface area (Å²) >= 11 is 12.3. The standard InChI is InChI=1S/C28H30Cl2FN3O4S/c1-19(2)16-32-28(36)20(3)33(17-21-9-7-8-12-24(21)29)27(35)18-34(22-13-14-26(31)25(30)15-22)39(37,38)23-10-5-4-6-11-23/h4-15,19-20H,16-18H2,1-3H3,(H,32,36)/t20-/m1/s1. The second kappa shape index (κ2) is 13.3. The molecule has 0 radical (unpaired) electrons. The smallest absolute Gasteiger partial charge is 0.264 e. The molecule has 0 fully saturated rings. The third-order valence-corrected chi connectivity index (χ3v) is 8.40. The Balaban J connectivity index is 2.03. The molecule has 1 N–H and O–H groups in total. The SMILES string of the molecule is CC(C)CNC(=O)[C@@H](C)N(Cc1ccccc1Cl)C(=O)CN(c1ccc(F)c(Cl)c1)S(=O)(=O)c1ccccc1. The lowest BCUT2D eigenvalue weighted by Crippen LogP contribution is -2.51. The first-order valence-electron chi connectivity index (χ1n) is 12.2. The van der Waals surface area contributed by atoms with Crippen LogP contribution >= 0.6 is 23.2 Å². The van der Waals surface area contributed by atoms with E-state index in [9.17, 15) is 22.4 Å². The minimum atomic E-state index is -4.28. The summed E-state index contributed by atoms with van der Waals surface area (Å²) in [5.74, 6) is -1.61. The summed E-state index contributed by atoms with van der Waals surface area (Å²) in [6.07, 6.45) is 0. The highest BCUT2D eigenvalue weighted by Gasteiger charge is 2.33. The highest BCUT2D eigenvalue weighted by atomic mass is 35.5. The monoisotopic (exact) mass is 593 g/mol. The number of rotatable bonds is 11. The molecule has 0 spiro atoms. The number of benzene rings is 3. The van der Waals surface area contributed by atoms with Crippen LogP contribution in [0.5, 0.6) is 0 Å². The second-order valence-electron chi connectivity index (χ2n) is 9.35. The van der Waals surface area contributed by atoms with Gasteiger partial charge < -0.3 is 10.2 Å². The summed E-state index contributed by atoms with van der Waals surface area (Å²) in [5.41, 5.74) is 0.575. The van der Waals surface area contributed by atoms with Gasteiger partial charge in [0, 0.05) is 18.1 Å². The van der Waals surface area contributed by atoms with Crippen LogP contribution in [0, 0.1) is 11.7 Å². The van der Waals surface area contributed by atoms with Gasteiger partial charge in [-0.1, -0.05) is 73.4 Å². The average Bonchev–Trinajstić information content (AvgIpc) is 2.91. The molecule has 2 amide bonds. The molecule has 0 bridgehead atoms. The highest BCUT2D eigenvalue weighted by Crippen LogP contribution is 2.28. The van der Waals surface area contributed by atoms with Crippen LogP contribution in [0.25, 0.3) is 0 Å². The largest absolute Gasteiger partial charge is 0.354 e. The van der Waals surface area contributed by atoms with Crippen molar-refractivity contribution in [2.75, 3.05) is 17.4 Å². The maximum atomic E-state index is 13.9. The number of anilines is 1. The molecule has 3 aromatic carbocycles. The van der Waals surface area contributed by atoms with E-state index in [1.165, 1.54) is 23.1 Å². The molecule has 0 heterocycles. The molecule has 0 unspecified atom stereocenters. The number of amides is 2. The van der Waals surface area contributed by atoms with Gasteiger partial charge in [-0.2, -0.15) is 0 Å². The molecule has 11 heteroatoms. The van der Waals surface area contributed by atoms with Crippen molar-refractivity contribution >= 4 is 50.7 Å². The predicted molar refractivity (Wildman–Crippen MR) is 152 cm³/mol. The number of hydrogen-bond donors (Lipinski definition) is 1. The van der Waals surface area contributed by atoms with Crippen molar-refractivity contribution < 1.29 is 22.4 Å². The number of carbonyl (C=O) groups is 2. The van der Waals surface area contributed by atoms with Gasteiger partial charge in [0.25, 0.3) is 10.0 Å². The lowest BCUT2D eigenvalue weighted by Gasteiger charge is -2.32. The van der Waals surface area contributed by atoms with Crippen molar-refractivity contribution in [3.8, 4) is 0 Å². The first kappa shape index (κ1) is 30.4. The summed E-state index contributed by atoms with van der Waals surface area (Å²) in [6, 6.07) is 16.9. The number of sulfonamides is 1. The quantitative estimate of drug-likeness (QED) is 0.317. The fourth-order valence-corrected chi connectivity index (χ4v) is 5.53. The maximum Gasteiger partial charge on any atom is 0.264 e. The van der Waals surface area contributed by atoms with E-state index in [1.54, 1.807) is 49.4 Å². The van der Waals surface area contributed by atoms with Crippen LogP contribution in [-0.2, 0) is 26.2 Å². The van der Waals surface area contributed by atoms with E-state index >= 15 is 0 Å². The van der Waals surface area contributed by atoms with Gasteiger partial charge in [-0.3, -0.25) is 13.9 Å². The summed E-state index contributed by atoms with van der Waals surface area (Å²) in [4.78, 5) is 28.0. The Labute approximate surface area is 238 Å². The molecule has 3 rings (SSSR count). The molecule has 0 saturated carbocycles. The van der Waals surface area contributed by atoms with E-state index in [0.29, 0.717) is 17.1 Å². The molecule has 0 aromatic heterocycles. The van der Waals surface area contributed by atoms with Gasteiger partial charge in [0.2, 0.25) is 11.8 Å². The highest BCUT2D eigenvalue weighted by molar-refractivity contribution is 7.92. The molecule has 208 valence electrons. The van der Waals surface area contributed by atoms with Crippen LogP contribution in [0.15, 0.2) is 77.7 Å². The van der Waals surface area contributed by atoms with Crippen LogP contribution in [0.3, 0.4) is 0 Å². The lowest BCUT2D eigenvalue weighted by molar-refractivity contribution is -0.139. The summed E-state index contributed by atoms with van der Waals surface area (Å²) in [6.45, 7) is 5.13. The number of hydrogen-bond acceptors (Lipinski definition) is 4. The Morgan fingerprint density at radius 1 is 0.923 bits per heavy atom. The van der Waals surface area contributed by atoms with Gasteiger partial charge in [-0.15, -0.1) is 0 Å². The molecule has 0 aliphatic carbocycles. The van der Waals surface area contributed by atoms with E-state index in [2.05, 4.69) is 5.32 Å². The Hall–Kier alpha value is -3.14. The molecule has 39 heavy (non-hydrogen) atoms. The number of halogens is 3. The zero-order valence-corrected chi connectivity index (χ0v) is 24.1. The van der Waals surface area contributed by atoms with Crippen molar-refractivity contribution in [3.05, 3.63) is 94.2 Å². The van der Waals surface area contributed by atoms with Crippen LogP contribution in [0.1, 0.15) is 26.3 Å². The van der Waals surface area contributed by atoms with E-state index in [-0.39, 0.29) is 28.1 Å². The fourth-order valence-electron chi connectivity index (χ4n) is 3.73. The fraction of sp³-hybridized carbons (Fsp3) is 0.286. The predicted octanol–water partition coefficient (Wildman–Crippen LogP) is 5.52. The van der Waals surface area contributed by atoms with E-state index in [4.69, 9.17) is 23.2 Å². The van der Waals surface area contributed by atoms with Crippen molar-refractivity contribution in [2.45, 2.75) is 38.3 Å². The lowest BCUT2D eigenvalue weighted by atomic mass is 10.1. The summed E-state index contributed by atoms with van der Waals surface area (Å²) < 4.78 is 42.2. The Kier molecular flexibility index (Phi) is 10.4. The minimum Gasteiger partial charge on any atom is -0.354 e.